The van der Waals surface area contributed by atoms with Crippen LogP contribution >= 0.6 is 0 Å². The van der Waals surface area contributed by atoms with E-state index < -0.39 is 10.0 Å². The van der Waals surface area contributed by atoms with Gasteiger partial charge in [-0.3, -0.25) is 4.79 Å². The molecule has 8 heteroatoms. The molecule has 3 heterocycles. The smallest absolute Gasteiger partial charge is 0.285 e. The first-order chi connectivity index (χ1) is 13.9. The van der Waals surface area contributed by atoms with Gasteiger partial charge in [-0.15, -0.1) is 4.40 Å². The molecule has 0 unspecified atom stereocenters. The van der Waals surface area contributed by atoms with Gasteiger partial charge in [0.2, 0.25) is 0 Å². The van der Waals surface area contributed by atoms with Gasteiger partial charge in [0.15, 0.2) is 0 Å². The van der Waals surface area contributed by atoms with Crippen LogP contribution in [0.4, 0.5) is 0 Å². The van der Waals surface area contributed by atoms with Gasteiger partial charge in [-0.1, -0.05) is 29.8 Å². The third kappa shape index (κ3) is 3.72. The summed E-state index contributed by atoms with van der Waals surface area (Å²) in [5.74, 6) is 0.410. The van der Waals surface area contributed by atoms with Gasteiger partial charge >= 0.3 is 0 Å². The van der Waals surface area contributed by atoms with Crippen molar-refractivity contribution in [1.82, 2.24) is 9.80 Å². The number of sulfonamides is 1. The molecule has 1 amide bonds. The summed E-state index contributed by atoms with van der Waals surface area (Å²) in [4.78, 5) is 16.6. The monoisotopic (exact) mass is 413 g/mol. The van der Waals surface area contributed by atoms with Gasteiger partial charge in [-0.2, -0.15) is 8.42 Å². The number of hydrogen-bond acceptors (Lipinski definition) is 5. The fourth-order valence-corrected chi connectivity index (χ4v) is 5.27. The quantitative estimate of drug-likeness (QED) is 0.756. The SMILES string of the molecule is CC1=C(c2ccc(C)cc2)S(=O)(=O)N=C1N1CCCN(C(=O)c2ccoc2)CC1. The molecule has 7 nitrogen and oxygen atoms in total. The number of amides is 1. The summed E-state index contributed by atoms with van der Waals surface area (Å²) in [5.41, 5.74) is 2.90. The second-order valence-electron chi connectivity index (χ2n) is 7.35. The molecule has 0 radical (unpaired) electrons. The van der Waals surface area contributed by atoms with Gasteiger partial charge in [-0.05, 0) is 31.9 Å². The summed E-state index contributed by atoms with van der Waals surface area (Å²) in [7, 11) is -3.74. The summed E-state index contributed by atoms with van der Waals surface area (Å²) in [6.45, 7) is 6.03. The first-order valence-electron chi connectivity index (χ1n) is 9.56. The van der Waals surface area contributed by atoms with E-state index in [0.29, 0.717) is 48.7 Å². The summed E-state index contributed by atoms with van der Waals surface area (Å²) in [6, 6.07) is 9.08. The third-order valence-corrected chi connectivity index (χ3v) is 6.78. The predicted molar refractivity (Wildman–Crippen MR) is 111 cm³/mol. The van der Waals surface area contributed by atoms with Crippen molar-refractivity contribution in [1.29, 1.82) is 0 Å². The van der Waals surface area contributed by atoms with Gasteiger partial charge in [0.1, 0.15) is 17.0 Å². The minimum Gasteiger partial charge on any atom is -0.472 e. The normalized spacial score (nSPS) is 19.3. The van der Waals surface area contributed by atoms with Gasteiger partial charge in [0.25, 0.3) is 15.9 Å². The van der Waals surface area contributed by atoms with Crippen LogP contribution in [-0.4, -0.2) is 56.1 Å². The van der Waals surface area contributed by atoms with E-state index in [1.807, 2.05) is 36.1 Å². The van der Waals surface area contributed by atoms with E-state index in [0.717, 1.165) is 12.0 Å². The van der Waals surface area contributed by atoms with Crippen molar-refractivity contribution in [3.05, 3.63) is 65.1 Å². The van der Waals surface area contributed by atoms with Crippen molar-refractivity contribution in [3.8, 4) is 0 Å². The van der Waals surface area contributed by atoms with Crippen LogP contribution in [0.3, 0.4) is 0 Å². The topological polar surface area (TPSA) is 83.2 Å². The fraction of sp³-hybridized carbons (Fsp3) is 0.333. The van der Waals surface area contributed by atoms with E-state index in [1.54, 1.807) is 17.9 Å². The molecule has 0 aliphatic carbocycles. The number of benzene rings is 1. The van der Waals surface area contributed by atoms with Crippen molar-refractivity contribution in [2.75, 3.05) is 26.2 Å². The molecule has 2 aliphatic rings. The lowest BCUT2D eigenvalue weighted by Gasteiger charge is -2.23. The molecular formula is C21H23N3O4S. The molecule has 2 aromatic rings. The van der Waals surface area contributed by atoms with E-state index in [4.69, 9.17) is 4.42 Å². The second-order valence-corrected chi connectivity index (χ2v) is 8.90. The van der Waals surface area contributed by atoms with Gasteiger partial charge in [-0.25, -0.2) is 0 Å². The number of hydrogen-bond donors (Lipinski definition) is 0. The van der Waals surface area contributed by atoms with Gasteiger partial charge in [0, 0.05) is 31.8 Å². The first kappa shape index (κ1) is 19.4. The van der Waals surface area contributed by atoms with Crippen LogP contribution < -0.4 is 0 Å². The van der Waals surface area contributed by atoms with Crippen LogP contribution in [-0.2, 0) is 10.0 Å². The van der Waals surface area contributed by atoms with Crippen LogP contribution in [0.5, 0.6) is 0 Å². The lowest BCUT2D eigenvalue weighted by Crippen LogP contribution is -2.37. The molecule has 0 bridgehead atoms. The highest BCUT2D eigenvalue weighted by atomic mass is 32.2. The number of furan rings is 1. The third-order valence-electron chi connectivity index (χ3n) is 5.31. The summed E-state index contributed by atoms with van der Waals surface area (Å²) < 4.78 is 34.7. The summed E-state index contributed by atoms with van der Waals surface area (Å²) in [5, 5.41) is 0. The van der Waals surface area contributed by atoms with E-state index in [-0.39, 0.29) is 10.8 Å². The average Bonchev–Trinajstić information content (AvgIpc) is 3.21. The molecule has 29 heavy (non-hydrogen) atoms. The maximum absolute atomic E-state index is 12.8. The lowest BCUT2D eigenvalue weighted by atomic mass is 10.1. The Kier molecular flexibility index (Phi) is 5.04. The number of carbonyl (C=O) groups excluding carboxylic acids is 1. The van der Waals surface area contributed by atoms with Crippen LogP contribution in [0.1, 0.15) is 34.8 Å². The van der Waals surface area contributed by atoms with Crippen molar-refractivity contribution < 1.29 is 17.6 Å². The zero-order valence-electron chi connectivity index (χ0n) is 16.5. The van der Waals surface area contributed by atoms with E-state index >= 15 is 0 Å². The Morgan fingerprint density at radius 3 is 2.48 bits per heavy atom. The highest BCUT2D eigenvalue weighted by Crippen LogP contribution is 2.34. The molecular weight excluding hydrogens is 390 g/mol. The molecule has 0 atom stereocenters. The van der Waals surface area contributed by atoms with Crippen LogP contribution in [0.15, 0.2) is 57.2 Å². The highest BCUT2D eigenvalue weighted by molar-refractivity contribution is 8.00. The molecule has 1 aromatic carbocycles. The Bertz CT molecular complexity index is 1080. The first-order valence-corrected chi connectivity index (χ1v) is 11.0. The number of aryl methyl sites for hydroxylation is 1. The Balaban J connectivity index is 1.57. The zero-order valence-corrected chi connectivity index (χ0v) is 17.3. The van der Waals surface area contributed by atoms with Crippen LogP contribution in [0, 0.1) is 6.92 Å². The molecule has 152 valence electrons. The Labute approximate surface area is 170 Å². The summed E-state index contributed by atoms with van der Waals surface area (Å²) >= 11 is 0. The number of amidine groups is 1. The van der Waals surface area contributed by atoms with Crippen molar-refractivity contribution in [2.24, 2.45) is 4.40 Å². The standard InChI is InChI=1S/C21H23N3O4S/c1-15-4-6-17(7-5-15)19-16(2)20(22-29(19,26)27)23-9-3-10-24(12-11-23)21(25)18-8-13-28-14-18/h4-8,13-14H,3,9-12H2,1-2H3. The molecule has 2 aliphatic heterocycles. The Hall–Kier alpha value is -2.87. The molecule has 0 spiro atoms. The molecule has 1 aromatic heterocycles. The molecule has 0 N–H and O–H groups in total. The Morgan fingerprint density at radius 1 is 1.03 bits per heavy atom. The number of rotatable bonds is 2. The minimum absolute atomic E-state index is 0.0748. The second kappa shape index (κ2) is 7.51. The number of nitrogens with zero attached hydrogens (tertiary/aromatic N) is 3. The predicted octanol–water partition coefficient (Wildman–Crippen LogP) is 2.91. The van der Waals surface area contributed by atoms with Crippen molar-refractivity contribution >= 4 is 26.7 Å². The van der Waals surface area contributed by atoms with E-state index in [1.165, 1.54) is 12.5 Å². The molecule has 0 saturated carbocycles. The zero-order chi connectivity index (χ0) is 20.6. The maximum Gasteiger partial charge on any atom is 0.285 e. The maximum atomic E-state index is 12.8. The Morgan fingerprint density at radius 2 is 1.79 bits per heavy atom. The molecule has 1 saturated heterocycles. The molecule has 4 rings (SSSR count). The van der Waals surface area contributed by atoms with E-state index in [2.05, 4.69) is 4.40 Å². The lowest BCUT2D eigenvalue weighted by molar-refractivity contribution is 0.0763. The number of carbonyl (C=O) groups is 1. The minimum atomic E-state index is -3.74. The van der Waals surface area contributed by atoms with Crippen LogP contribution in [0.25, 0.3) is 4.91 Å². The van der Waals surface area contributed by atoms with Gasteiger partial charge in [0.05, 0.1) is 11.8 Å². The van der Waals surface area contributed by atoms with Gasteiger partial charge < -0.3 is 14.2 Å². The van der Waals surface area contributed by atoms with Crippen LogP contribution in [0.2, 0.25) is 0 Å². The van der Waals surface area contributed by atoms with E-state index in [9.17, 15) is 13.2 Å². The summed E-state index contributed by atoms with van der Waals surface area (Å²) in [6.07, 6.45) is 3.66. The molecule has 1 fully saturated rings. The van der Waals surface area contributed by atoms with Crippen molar-refractivity contribution in [3.63, 3.8) is 0 Å². The fourth-order valence-electron chi connectivity index (χ4n) is 3.79. The largest absolute Gasteiger partial charge is 0.472 e. The van der Waals surface area contributed by atoms with Crippen molar-refractivity contribution in [2.45, 2.75) is 20.3 Å². The average molecular weight is 413 g/mol. The highest BCUT2D eigenvalue weighted by Gasteiger charge is 2.34.